The average Bonchev–Trinajstić information content (AvgIpc) is 3.35. The summed E-state index contributed by atoms with van der Waals surface area (Å²) in [6.07, 6.45) is -3.86. The van der Waals surface area contributed by atoms with E-state index in [0.29, 0.717) is 6.42 Å². The van der Waals surface area contributed by atoms with Crippen LogP contribution in [0.4, 0.5) is 0 Å². The van der Waals surface area contributed by atoms with Crippen molar-refractivity contribution in [3.05, 3.63) is 34.6 Å². The molecule has 0 aliphatic heterocycles. The van der Waals surface area contributed by atoms with Crippen LogP contribution in [0.5, 0.6) is 0 Å². The molecule has 24 nitrogen and oxygen atoms in total. The van der Waals surface area contributed by atoms with Crippen LogP contribution in [0.3, 0.4) is 0 Å². The molecule has 301 valence electrons. The van der Waals surface area contributed by atoms with Gasteiger partial charge in [-0.15, -0.1) is 0 Å². The smallest absolute Gasteiger partial charge is 0.256 e. The van der Waals surface area contributed by atoms with E-state index < -0.39 is 157 Å². The molecule has 4 aliphatic carbocycles. The topological polar surface area (TPSA) is 492 Å². The molecule has 0 saturated heterocycles. The number of nitrogens with zero attached hydrogens (tertiary/aromatic N) is 1. The molecule has 1 radical (unpaired) electrons. The maximum Gasteiger partial charge on any atom is 0.256 e. The number of primary amides is 10. The molecule has 0 aromatic carbocycles. The number of fused-ring (bicyclic) bond motifs is 4. The molecule has 2 saturated carbocycles. The number of aliphatic hydroxyl groups excluding tert-OH is 2. The highest BCUT2D eigenvalue weighted by Gasteiger charge is 2.96. The monoisotopic (exact) mass is 786 g/mol. The Morgan fingerprint density at radius 2 is 1.20 bits per heavy atom. The van der Waals surface area contributed by atoms with Crippen molar-refractivity contribution in [1.82, 2.24) is 4.90 Å². The first-order valence-corrected chi connectivity index (χ1v) is 16.3. The lowest BCUT2D eigenvalue weighted by Crippen LogP contribution is -2.88. The fourth-order valence-electron chi connectivity index (χ4n) is 10.5. The van der Waals surface area contributed by atoms with Crippen molar-refractivity contribution in [1.29, 1.82) is 0 Å². The Bertz CT molecular complexity index is 2080. The third-order valence-electron chi connectivity index (χ3n) is 12.4. The van der Waals surface area contributed by atoms with E-state index in [2.05, 4.69) is 0 Å². The lowest BCUT2D eigenvalue weighted by atomic mass is 9.25. The normalized spacial score (nSPS) is 30.6. The number of amides is 11. The Balaban J connectivity index is 2.74. The first-order chi connectivity index (χ1) is 25.6. The minimum atomic E-state index is -4.62. The fourth-order valence-corrected chi connectivity index (χ4v) is 10.5. The summed E-state index contributed by atoms with van der Waals surface area (Å²) in [4.78, 5) is 158. The van der Waals surface area contributed by atoms with Crippen molar-refractivity contribution < 1.29 is 63.0 Å². The predicted molar refractivity (Wildman–Crippen MR) is 181 cm³/mol. The summed E-state index contributed by atoms with van der Waals surface area (Å²) >= 11 is 0. The maximum absolute atomic E-state index is 15.0. The van der Waals surface area contributed by atoms with Crippen LogP contribution in [0.15, 0.2) is 28.2 Å². The third kappa shape index (κ3) is 3.87. The summed E-state index contributed by atoms with van der Waals surface area (Å²) in [5, 5.41) is 23.4. The van der Waals surface area contributed by atoms with E-state index in [1.807, 2.05) is 5.73 Å². The van der Waals surface area contributed by atoms with E-state index in [1.54, 1.807) is 0 Å². The quantitative estimate of drug-likeness (QED) is 0.0647. The second-order valence-electron chi connectivity index (χ2n) is 14.4. The summed E-state index contributed by atoms with van der Waals surface area (Å²) in [6.45, 7) is 2.84. The van der Waals surface area contributed by atoms with Gasteiger partial charge < -0.3 is 72.4 Å². The number of hydrogen-bond donors (Lipinski definition) is 12. The number of nitrogens with two attached hydrogens (primary N) is 10. The zero-order valence-electron chi connectivity index (χ0n) is 29.9. The van der Waals surface area contributed by atoms with Gasteiger partial charge in [-0.05, 0) is 44.3 Å². The molecule has 22 N–H and O–H groups in total. The van der Waals surface area contributed by atoms with Gasteiger partial charge in [0.15, 0.2) is 16.6 Å². The lowest BCUT2D eigenvalue weighted by molar-refractivity contribution is -0.232. The van der Waals surface area contributed by atoms with E-state index in [1.165, 1.54) is 13.8 Å². The van der Waals surface area contributed by atoms with Crippen molar-refractivity contribution in [2.45, 2.75) is 38.8 Å². The molecule has 0 heterocycles. The van der Waals surface area contributed by atoms with Gasteiger partial charge in [0, 0.05) is 19.0 Å². The fraction of sp³-hybridized carbons (Fsp3) is 0.469. The SMILES string of the molecule is CC(C)N(C)C(=O)[C@]12C[CH]C3C4=C(C(C(N)=O)(C(N)=O)C(O)=C=C4C(N)=O)C(C(N)=O)(C(N)=O)C(C(N)=O)(C(N)=O)C3(C(N)=O)C1(C(N)=O)C(C(N)=O)C[C@@H]2O. The molecule has 4 unspecified atom stereocenters. The highest BCUT2D eigenvalue weighted by molar-refractivity contribution is 6.28. The molecule has 56 heavy (non-hydrogen) atoms. The first kappa shape index (κ1) is 41.9. The molecule has 2 fully saturated rings. The average molecular weight is 787 g/mol. The number of carbonyl (C=O) groups is 11. The second kappa shape index (κ2) is 12.4. The van der Waals surface area contributed by atoms with Crippen LogP contribution >= 0.6 is 0 Å². The Hall–Kier alpha value is -6.81. The Kier molecular flexibility index (Phi) is 9.25. The number of aliphatic hydroxyl groups is 2. The first-order valence-electron chi connectivity index (χ1n) is 16.3. The second-order valence-corrected chi connectivity index (χ2v) is 14.4. The van der Waals surface area contributed by atoms with Crippen molar-refractivity contribution in [2.24, 2.45) is 102 Å². The van der Waals surface area contributed by atoms with Crippen molar-refractivity contribution in [3.8, 4) is 0 Å². The molecule has 11 amide bonds. The van der Waals surface area contributed by atoms with Crippen molar-refractivity contribution in [2.75, 3.05) is 7.05 Å². The molecule has 0 bridgehead atoms. The molecular weight excluding hydrogens is 746 g/mol. The van der Waals surface area contributed by atoms with Gasteiger partial charge in [-0.3, -0.25) is 52.7 Å². The lowest BCUT2D eigenvalue weighted by Gasteiger charge is -2.71. The maximum atomic E-state index is 15.0. The van der Waals surface area contributed by atoms with Gasteiger partial charge in [-0.1, -0.05) is 5.73 Å². The van der Waals surface area contributed by atoms with Crippen LogP contribution in [0.25, 0.3) is 0 Å². The predicted octanol–water partition coefficient (Wildman–Crippen LogP) is -8.48. The summed E-state index contributed by atoms with van der Waals surface area (Å²) in [5.74, 6) is -30.4. The Morgan fingerprint density at radius 1 is 0.732 bits per heavy atom. The molecule has 0 aromatic rings. The van der Waals surface area contributed by atoms with Crippen LogP contribution in [0, 0.1) is 50.7 Å². The van der Waals surface area contributed by atoms with E-state index >= 15 is 4.79 Å². The zero-order chi connectivity index (χ0) is 43.4. The van der Waals surface area contributed by atoms with Gasteiger partial charge >= 0.3 is 0 Å². The molecule has 6 atom stereocenters. The number of hydrogen-bond acceptors (Lipinski definition) is 13. The summed E-state index contributed by atoms with van der Waals surface area (Å²) in [5.41, 5.74) is 31.9. The molecule has 0 aromatic heterocycles. The van der Waals surface area contributed by atoms with Gasteiger partial charge in [0.05, 0.1) is 33.8 Å². The van der Waals surface area contributed by atoms with E-state index in [0.717, 1.165) is 11.9 Å². The standard InChI is InChI=1S/C32H40N11O13/c1-8(2)43(3)26(56)27-5-4-10-14-9(16(33)46)6-13(45)28(18(35)48,19(36)49)15(14)29(20(37)50,21(38)51)32(24(41)54,25(42)55)31(10,23(40)53)30(27,22(39)52)11(17(34)47)7-12(27)44/h4,8,10-12,44-45H,5,7H2,1-3H3,(H2,33,46)(H2,34,47)(H2,35,48)(H2,36,49)(H2,37,50)(H2,38,51)(H2,39,52)(H2,40,53)(H2,41,54)(H2,42,55)/t10?,11?,12-,27+,30?,31?/m0/s1. The van der Waals surface area contributed by atoms with Crippen molar-refractivity contribution >= 4 is 65.0 Å². The largest absolute Gasteiger partial charge is 0.503 e. The van der Waals surface area contributed by atoms with Gasteiger partial charge in [-0.2, -0.15) is 0 Å². The van der Waals surface area contributed by atoms with Crippen LogP contribution in [0.1, 0.15) is 26.7 Å². The molecule has 4 aliphatic rings. The summed E-state index contributed by atoms with van der Waals surface area (Å²) in [6, 6.07) is -0.875. The third-order valence-corrected chi connectivity index (χ3v) is 12.4. The number of carbonyl (C=O) groups excluding carboxylic acids is 11. The zero-order valence-corrected chi connectivity index (χ0v) is 29.9. The van der Waals surface area contributed by atoms with Gasteiger partial charge in [0.2, 0.25) is 64.5 Å². The molecule has 0 spiro atoms. The molecule has 4 rings (SSSR count). The van der Waals surface area contributed by atoms with Gasteiger partial charge in [0.1, 0.15) is 0 Å². The Labute approximate surface area is 314 Å². The van der Waals surface area contributed by atoms with Gasteiger partial charge in [0.25, 0.3) is 5.91 Å². The van der Waals surface area contributed by atoms with E-state index in [9.17, 15) is 58.2 Å². The van der Waals surface area contributed by atoms with E-state index in [-0.39, 0.29) is 0 Å². The summed E-state index contributed by atoms with van der Waals surface area (Å²) < 4.78 is 0. The molecular formula is C32H40N11O13. The van der Waals surface area contributed by atoms with Crippen LogP contribution in [-0.4, -0.2) is 99.3 Å². The molecule has 24 heteroatoms. The minimum Gasteiger partial charge on any atom is -0.503 e. The highest BCUT2D eigenvalue weighted by atomic mass is 16.3. The highest BCUT2D eigenvalue weighted by Crippen LogP contribution is 2.82. The minimum absolute atomic E-state index is 0.714. The van der Waals surface area contributed by atoms with Crippen LogP contribution in [-0.2, 0) is 52.7 Å². The van der Waals surface area contributed by atoms with Crippen molar-refractivity contribution in [3.63, 3.8) is 0 Å². The van der Waals surface area contributed by atoms with E-state index in [4.69, 9.17) is 57.3 Å². The number of rotatable bonds is 12. The summed E-state index contributed by atoms with van der Waals surface area (Å²) in [7, 11) is 1.12. The van der Waals surface area contributed by atoms with Crippen LogP contribution < -0.4 is 57.3 Å². The Morgan fingerprint density at radius 3 is 1.54 bits per heavy atom. The van der Waals surface area contributed by atoms with Gasteiger partial charge in [-0.25, -0.2) is 0 Å². The van der Waals surface area contributed by atoms with Crippen LogP contribution in [0.2, 0.25) is 0 Å².